The number of rotatable bonds is 4. The van der Waals surface area contributed by atoms with Crippen LogP contribution >= 0.6 is 12.4 Å². The lowest BCUT2D eigenvalue weighted by Crippen LogP contribution is -2.51. The van der Waals surface area contributed by atoms with Crippen LogP contribution < -0.4 is 10.1 Å². The highest BCUT2D eigenvalue weighted by Crippen LogP contribution is 2.24. The summed E-state index contributed by atoms with van der Waals surface area (Å²) in [7, 11) is 1.66. The van der Waals surface area contributed by atoms with Gasteiger partial charge in [0.15, 0.2) is 0 Å². The minimum atomic E-state index is 0. The predicted molar refractivity (Wildman–Crippen MR) is 87.3 cm³/mol. The van der Waals surface area contributed by atoms with Crippen molar-refractivity contribution in [1.29, 1.82) is 0 Å². The van der Waals surface area contributed by atoms with Gasteiger partial charge in [-0.2, -0.15) is 0 Å². The molecule has 1 heterocycles. The Kier molecular flexibility index (Phi) is 6.99. The van der Waals surface area contributed by atoms with Crippen LogP contribution in [0.15, 0.2) is 24.3 Å². The second kappa shape index (κ2) is 8.25. The molecule has 5 heteroatoms. The molecule has 1 fully saturated rings. The molecule has 0 radical (unpaired) electrons. The average Bonchev–Trinajstić information content (AvgIpc) is 2.47. The van der Waals surface area contributed by atoms with Gasteiger partial charge in [0.25, 0.3) is 0 Å². The van der Waals surface area contributed by atoms with Crippen molar-refractivity contribution in [1.82, 2.24) is 10.2 Å². The van der Waals surface area contributed by atoms with E-state index in [0.29, 0.717) is 12.5 Å². The van der Waals surface area contributed by atoms with Gasteiger partial charge in [-0.15, -0.1) is 12.4 Å². The van der Waals surface area contributed by atoms with E-state index < -0.39 is 0 Å². The molecule has 0 aromatic heterocycles. The Morgan fingerprint density at radius 2 is 2.29 bits per heavy atom. The van der Waals surface area contributed by atoms with Crippen LogP contribution in [0.2, 0.25) is 0 Å². The first kappa shape index (κ1) is 17.8. The number of benzene rings is 1. The lowest BCUT2D eigenvalue weighted by Gasteiger charge is -2.32. The van der Waals surface area contributed by atoms with Crippen LogP contribution in [0.5, 0.6) is 5.75 Å². The summed E-state index contributed by atoms with van der Waals surface area (Å²) < 4.78 is 5.24. The predicted octanol–water partition coefficient (Wildman–Crippen LogP) is 2.43. The fourth-order valence-electron chi connectivity index (χ4n) is 2.62. The van der Waals surface area contributed by atoms with E-state index in [4.69, 9.17) is 4.74 Å². The summed E-state index contributed by atoms with van der Waals surface area (Å²) in [5, 5.41) is 3.36. The first-order valence-electron chi connectivity index (χ1n) is 7.25. The lowest BCUT2D eigenvalue weighted by atomic mass is 9.96. The molecule has 0 bridgehead atoms. The number of hydrogen-bond donors (Lipinski definition) is 1. The molecule has 2 atom stereocenters. The van der Waals surface area contributed by atoms with E-state index in [2.05, 4.69) is 25.2 Å². The number of piperazine rings is 1. The zero-order chi connectivity index (χ0) is 14.5. The average molecular weight is 313 g/mol. The topological polar surface area (TPSA) is 41.6 Å². The fraction of sp³-hybridized carbons (Fsp3) is 0.562. The number of carbonyl (C=O) groups excluding carboxylic acids is 1. The smallest absolute Gasteiger partial charge is 0.223 e. The van der Waals surface area contributed by atoms with Gasteiger partial charge < -0.3 is 15.0 Å². The molecule has 2 unspecified atom stereocenters. The minimum absolute atomic E-state index is 0. The molecule has 0 saturated carbocycles. The Morgan fingerprint density at radius 3 is 2.95 bits per heavy atom. The van der Waals surface area contributed by atoms with E-state index in [1.165, 1.54) is 0 Å². The number of nitrogens with zero attached hydrogens (tertiary/aromatic N) is 1. The third-order valence-electron chi connectivity index (χ3n) is 3.87. The van der Waals surface area contributed by atoms with Gasteiger partial charge in [-0.1, -0.05) is 19.1 Å². The number of hydrogen-bond acceptors (Lipinski definition) is 3. The standard InChI is InChI=1S/C16H24N2O2.ClH/c1-12(14-5-4-6-15(10-14)20-3)9-16(19)18-8-7-17-13(2)11-18;/h4-6,10,12-13,17H,7-9,11H2,1-3H3;1H. The Balaban J connectivity index is 0.00000220. The van der Waals surface area contributed by atoms with Crippen molar-refractivity contribution in [3.8, 4) is 5.75 Å². The molecule has 118 valence electrons. The Morgan fingerprint density at radius 1 is 1.52 bits per heavy atom. The van der Waals surface area contributed by atoms with Gasteiger partial charge in [0.1, 0.15) is 5.75 Å². The molecule has 1 saturated heterocycles. The Bertz CT molecular complexity index is 467. The second-order valence-corrected chi connectivity index (χ2v) is 5.58. The second-order valence-electron chi connectivity index (χ2n) is 5.58. The molecule has 1 amide bonds. The summed E-state index contributed by atoms with van der Waals surface area (Å²) in [4.78, 5) is 14.3. The first-order chi connectivity index (χ1) is 9.60. The molecule has 21 heavy (non-hydrogen) atoms. The van der Waals surface area contributed by atoms with Gasteiger partial charge in [0.2, 0.25) is 5.91 Å². The van der Waals surface area contributed by atoms with Crippen molar-refractivity contribution in [2.45, 2.75) is 32.2 Å². The number of halogens is 1. The number of carbonyl (C=O) groups is 1. The zero-order valence-electron chi connectivity index (χ0n) is 13.0. The van der Waals surface area contributed by atoms with Gasteiger partial charge in [0, 0.05) is 32.1 Å². The molecule has 4 nitrogen and oxygen atoms in total. The monoisotopic (exact) mass is 312 g/mol. The van der Waals surface area contributed by atoms with Crippen molar-refractivity contribution in [3.63, 3.8) is 0 Å². The van der Waals surface area contributed by atoms with Crippen LogP contribution in [-0.2, 0) is 4.79 Å². The third-order valence-corrected chi connectivity index (χ3v) is 3.87. The molecule has 1 aliphatic heterocycles. The van der Waals surface area contributed by atoms with Gasteiger partial charge >= 0.3 is 0 Å². The fourth-order valence-corrected chi connectivity index (χ4v) is 2.62. The Labute approximate surface area is 133 Å². The van der Waals surface area contributed by atoms with Gasteiger partial charge in [-0.25, -0.2) is 0 Å². The van der Waals surface area contributed by atoms with Crippen LogP contribution in [0.3, 0.4) is 0 Å². The SMILES string of the molecule is COc1cccc(C(C)CC(=O)N2CCNC(C)C2)c1.Cl. The van der Waals surface area contributed by atoms with Crippen LogP contribution in [0.25, 0.3) is 0 Å². The number of methoxy groups -OCH3 is 1. The number of ether oxygens (including phenoxy) is 1. The largest absolute Gasteiger partial charge is 0.497 e. The number of amides is 1. The van der Waals surface area contributed by atoms with Crippen LogP contribution in [0, 0.1) is 0 Å². The van der Waals surface area contributed by atoms with Crippen molar-refractivity contribution < 1.29 is 9.53 Å². The van der Waals surface area contributed by atoms with Crippen molar-refractivity contribution in [3.05, 3.63) is 29.8 Å². The van der Waals surface area contributed by atoms with Crippen LogP contribution in [0.4, 0.5) is 0 Å². The van der Waals surface area contributed by atoms with E-state index >= 15 is 0 Å². The summed E-state index contributed by atoms with van der Waals surface area (Å²) in [6.45, 7) is 6.72. The molecule has 2 rings (SSSR count). The van der Waals surface area contributed by atoms with Crippen molar-refractivity contribution in [2.75, 3.05) is 26.7 Å². The van der Waals surface area contributed by atoms with Crippen LogP contribution in [-0.4, -0.2) is 43.6 Å². The third kappa shape index (κ3) is 4.90. The van der Waals surface area contributed by atoms with Gasteiger partial charge in [-0.05, 0) is 30.5 Å². The molecular formula is C16H25ClN2O2. The van der Waals surface area contributed by atoms with Crippen molar-refractivity contribution >= 4 is 18.3 Å². The summed E-state index contributed by atoms with van der Waals surface area (Å²) in [6, 6.07) is 8.36. The molecule has 1 aromatic carbocycles. The molecule has 1 aromatic rings. The van der Waals surface area contributed by atoms with Crippen molar-refractivity contribution in [2.24, 2.45) is 0 Å². The van der Waals surface area contributed by atoms with Crippen LogP contribution in [0.1, 0.15) is 31.7 Å². The lowest BCUT2D eigenvalue weighted by molar-refractivity contribution is -0.132. The normalized spacial score (nSPS) is 19.6. The summed E-state index contributed by atoms with van der Waals surface area (Å²) in [6.07, 6.45) is 0.555. The maximum absolute atomic E-state index is 12.3. The van der Waals surface area contributed by atoms with Gasteiger partial charge in [-0.3, -0.25) is 4.79 Å². The summed E-state index contributed by atoms with van der Waals surface area (Å²) >= 11 is 0. The molecule has 1 aliphatic rings. The quantitative estimate of drug-likeness (QED) is 0.928. The first-order valence-corrected chi connectivity index (χ1v) is 7.25. The van der Waals surface area contributed by atoms with E-state index in [1.807, 2.05) is 23.1 Å². The Hall–Kier alpha value is -1.26. The zero-order valence-corrected chi connectivity index (χ0v) is 13.8. The maximum atomic E-state index is 12.3. The van der Waals surface area contributed by atoms with E-state index in [1.54, 1.807) is 7.11 Å². The molecule has 0 spiro atoms. The highest BCUT2D eigenvalue weighted by Gasteiger charge is 2.22. The molecule has 0 aliphatic carbocycles. The van der Waals surface area contributed by atoms with Gasteiger partial charge in [0.05, 0.1) is 7.11 Å². The highest BCUT2D eigenvalue weighted by atomic mass is 35.5. The minimum Gasteiger partial charge on any atom is -0.497 e. The maximum Gasteiger partial charge on any atom is 0.223 e. The highest BCUT2D eigenvalue weighted by molar-refractivity contribution is 5.85. The molecular weight excluding hydrogens is 288 g/mol. The molecule has 1 N–H and O–H groups in total. The van der Waals surface area contributed by atoms with E-state index in [-0.39, 0.29) is 24.2 Å². The summed E-state index contributed by atoms with van der Waals surface area (Å²) in [5.41, 5.74) is 1.15. The van der Waals surface area contributed by atoms with E-state index in [0.717, 1.165) is 30.9 Å². The summed E-state index contributed by atoms with van der Waals surface area (Å²) in [5.74, 6) is 1.30. The van der Waals surface area contributed by atoms with E-state index in [9.17, 15) is 4.79 Å². The number of nitrogens with one attached hydrogen (secondary N) is 1.